The second-order valence-electron chi connectivity index (χ2n) is 8.25. The number of carbonyl (C=O) groups excluding carboxylic acids is 2. The molecule has 0 saturated carbocycles. The molecule has 194 valence electrons. The molecule has 8 nitrogen and oxygen atoms in total. The predicted octanol–water partition coefficient (Wildman–Crippen LogP) is 4.44. The summed E-state index contributed by atoms with van der Waals surface area (Å²) < 4.78 is 45.0. The van der Waals surface area contributed by atoms with Crippen LogP contribution in [0.3, 0.4) is 0 Å². The van der Waals surface area contributed by atoms with E-state index in [9.17, 15) is 22.8 Å². The lowest BCUT2D eigenvalue weighted by Crippen LogP contribution is -2.49. The van der Waals surface area contributed by atoms with E-state index >= 15 is 0 Å². The lowest BCUT2D eigenvalue weighted by atomic mass is 10.1. The highest BCUT2D eigenvalue weighted by atomic mass is 35.5. The van der Waals surface area contributed by atoms with Gasteiger partial charge in [0.15, 0.2) is 5.82 Å². The molecule has 1 aliphatic heterocycles. The van der Waals surface area contributed by atoms with Crippen molar-refractivity contribution < 1.29 is 27.5 Å². The third-order valence-electron chi connectivity index (χ3n) is 5.77. The van der Waals surface area contributed by atoms with Crippen LogP contribution < -0.4 is 15.0 Å². The van der Waals surface area contributed by atoms with Crippen LogP contribution in [0, 0.1) is 0 Å². The maximum atomic E-state index is 13.3. The number of piperazine rings is 1. The molecule has 37 heavy (non-hydrogen) atoms. The summed E-state index contributed by atoms with van der Waals surface area (Å²) in [6.07, 6.45) is -4.67. The number of nitrogens with one attached hydrogen (secondary N) is 1. The summed E-state index contributed by atoms with van der Waals surface area (Å²) in [5.41, 5.74) is -0.297. The summed E-state index contributed by atoms with van der Waals surface area (Å²) in [6.45, 7) is 1.53. The van der Waals surface area contributed by atoms with Crippen molar-refractivity contribution in [3.05, 3.63) is 82.4 Å². The van der Waals surface area contributed by atoms with Crippen molar-refractivity contribution in [1.82, 2.24) is 20.4 Å². The number of anilines is 1. The summed E-state index contributed by atoms with van der Waals surface area (Å²) >= 11 is 5.85. The topological polar surface area (TPSA) is 87.7 Å². The van der Waals surface area contributed by atoms with Gasteiger partial charge in [-0.3, -0.25) is 4.79 Å². The van der Waals surface area contributed by atoms with Gasteiger partial charge in [-0.2, -0.15) is 13.2 Å². The molecule has 1 aliphatic rings. The quantitative estimate of drug-likeness (QED) is 0.504. The fraction of sp³-hybridized carbons (Fsp3) is 0.280. The van der Waals surface area contributed by atoms with Crippen LogP contribution >= 0.6 is 11.6 Å². The molecular formula is C25H23ClF3N5O3. The molecule has 0 unspecified atom stereocenters. The minimum Gasteiger partial charge on any atom is -0.390 e. The molecule has 3 aromatic rings. The smallest absolute Gasteiger partial charge is 0.390 e. The monoisotopic (exact) mass is 533 g/mol. The second-order valence-corrected chi connectivity index (χ2v) is 8.68. The van der Waals surface area contributed by atoms with E-state index in [1.807, 2.05) is 17.0 Å². The van der Waals surface area contributed by atoms with Gasteiger partial charge >= 0.3 is 12.3 Å². The molecule has 0 radical (unpaired) electrons. The largest absolute Gasteiger partial charge is 0.417 e. The highest BCUT2D eigenvalue weighted by Crippen LogP contribution is 2.32. The molecule has 1 saturated heterocycles. The Morgan fingerprint density at radius 2 is 1.65 bits per heavy atom. The van der Waals surface area contributed by atoms with E-state index < -0.39 is 23.7 Å². The minimum atomic E-state index is -4.61. The van der Waals surface area contributed by atoms with Crippen molar-refractivity contribution in [2.24, 2.45) is 0 Å². The van der Waals surface area contributed by atoms with Gasteiger partial charge in [0.25, 0.3) is 5.91 Å². The Hall–Kier alpha value is -3.86. The summed E-state index contributed by atoms with van der Waals surface area (Å²) in [5, 5.41) is 11.3. The standard InChI is InChI=1S/C25H23ClF3N5O3/c26-18-7-5-17(6-8-18)11-12-30-24(36)37-22-10-9-21(31-32-22)33-13-15-34(16-14-33)23(35)19-3-1-2-4-20(19)25(27,28)29/h1-10H,11-16H2,(H,30,36). The molecule has 1 N–H and O–H groups in total. The highest BCUT2D eigenvalue weighted by Gasteiger charge is 2.36. The van der Waals surface area contributed by atoms with E-state index in [0.29, 0.717) is 36.9 Å². The molecule has 0 aliphatic carbocycles. The van der Waals surface area contributed by atoms with Crippen LogP contribution in [0.5, 0.6) is 5.88 Å². The SMILES string of the molecule is O=C(NCCc1ccc(Cl)cc1)Oc1ccc(N2CCN(C(=O)c3ccccc3C(F)(F)F)CC2)nn1. The van der Waals surface area contributed by atoms with Crippen LogP contribution in [0.15, 0.2) is 60.7 Å². The normalized spacial score (nSPS) is 13.8. The number of rotatable bonds is 6. The molecule has 12 heteroatoms. The number of benzene rings is 2. The molecule has 0 atom stereocenters. The van der Waals surface area contributed by atoms with Gasteiger partial charge in [0.2, 0.25) is 5.88 Å². The molecule has 4 rings (SSSR count). The lowest BCUT2D eigenvalue weighted by Gasteiger charge is -2.35. The van der Waals surface area contributed by atoms with Crippen molar-refractivity contribution in [2.75, 3.05) is 37.6 Å². The van der Waals surface area contributed by atoms with Gasteiger partial charge in [0, 0.05) is 43.8 Å². The number of hydrogen-bond donors (Lipinski definition) is 1. The van der Waals surface area contributed by atoms with E-state index in [1.54, 1.807) is 18.2 Å². The Labute approximate surface area is 216 Å². The maximum Gasteiger partial charge on any atom is 0.417 e. The van der Waals surface area contributed by atoms with Crippen LogP contribution in [0.1, 0.15) is 21.5 Å². The summed E-state index contributed by atoms with van der Waals surface area (Å²) in [6, 6.07) is 15.2. The lowest BCUT2D eigenvalue weighted by molar-refractivity contribution is -0.138. The first-order chi connectivity index (χ1) is 17.7. The number of ether oxygens (including phenoxy) is 1. The fourth-order valence-electron chi connectivity index (χ4n) is 3.85. The zero-order valence-corrected chi connectivity index (χ0v) is 20.3. The van der Waals surface area contributed by atoms with Crippen molar-refractivity contribution in [3.63, 3.8) is 0 Å². The third kappa shape index (κ3) is 6.88. The Morgan fingerprint density at radius 1 is 0.946 bits per heavy atom. The first kappa shape index (κ1) is 26.2. The van der Waals surface area contributed by atoms with Gasteiger partial charge in [0.1, 0.15) is 0 Å². The van der Waals surface area contributed by atoms with E-state index in [0.717, 1.165) is 11.6 Å². The van der Waals surface area contributed by atoms with Crippen molar-refractivity contribution in [1.29, 1.82) is 0 Å². The van der Waals surface area contributed by atoms with Crippen LogP contribution in [0.4, 0.5) is 23.8 Å². The molecule has 0 spiro atoms. The maximum absolute atomic E-state index is 13.3. The van der Waals surface area contributed by atoms with Gasteiger partial charge in [-0.1, -0.05) is 35.9 Å². The van der Waals surface area contributed by atoms with E-state index in [4.69, 9.17) is 16.3 Å². The van der Waals surface area contributed by atoms with E-state index in [1.165, 1.54) is 29.2 Å². The first-order valence-corrected chi connectivity index (χ1v) is 11.8. The predicted molar refractivity (Wildman–Crippen MR) is 131 cm³/mol. The van der Waals surface area contributed by atoms with Gasteiger partial charge < -0.3 is 19.9 Å². The highest BCUT2D eigenvalue weighted by molar-refractivity contribution is 6.30. The number of carbonyl (C=O) groups is 2. The fourth-order valence-corrected chi connectivity index (χ4v) is 3.98. The molecule has 2 heterocycles. The van der Waals surface area contributed by atoms with Gasteiger partial charge in [-0.25, -0.2) is 4.79 Å². The first-order valence-electron chi connectivity index (χ1n) is 11.4. The average molecular weight is 534 g/mol. The number of hydrogen-bond acceptors (Lipinski definition) is 6. The zero-order valence-electron chi connectivity index (χ0n) is 19.5. The Morgan fingerprint density at radius 3 is 2.30 bits per heavy atom. The zero-order chi connectivity index (χ0) is 26.4. The Bertz CT molecular complexity index is 1230. The Kier molecular flexibility index (Phi) is 8.12. The minimum absolute atomic E-state index is 0.0188. The van der Waals surface area contributed by atoms with Gasteiger partial charge in [-0.15, -0.1) is 10.2 Å². The Balaban J connectivity index is 1.26. The second kappa shape index (κ2) is 11.5. The van der Waals surface area contributed by atoms with Crippen molar-refractivity contribution in [2.45, 2.75) is 12.6 Å². The molecule has 2 aromatic carbocycles. The molecule has 2 amide bonds. The summed E-state index contributed by atoms with van der Waals surface area (Å²) in [7, 11) is 0. The number of aromatic nitrogens is 2. The average Bonchev–Trinajstić information content (AvgIpc) is 2.89. The van der Waals surface area contributed by atoms with Gasteiger partial charge in [-0.05, 0) is 42.3 Å². The summed E-state index contributed by atoms with van der Waals surface area (Å²) in [4.78, 5) is 28.0. The summed E-state index contributed by atoms with van der Waals surface area (Å²) in [5.74, 6) is -0.145. The van der Waals surface area contributed by atoms with Crippen LogP contribution in [-0.4, -0.2) is 59.8 Å². The van der Waals surface area contributed by atoms with Crippen molar-refractivity contribution in [3.8, 4) is 5.88 Å². The molecule has 0 bridgehead atoms. The molecular weight excluding hydrogens is 511 g/mol. The molecule has 1 aromatic heterocycles. The van der Waals surface area contributed by atoms with Crippen molar-refractivity contribution >= 4 is 29.4 Å². The number of amides is 2. The van der Waals surface area contributed by atoms with Gasteiger partial charge in [0.05, 0.1) is 11.1 Å². The number of nitrogens with zero attached hydrogens (tertiary/aromatic N) is 4. The van der Waals surface area contributed by atoms with Crippen LogP contribution in [0.2, 0.25) is 5.02 Å². The number of alkyl halides is 3. The van der Waals surface area contributed by atoms with Crippen LogP contribution in [0.25, 0.3) is 0 Å². The van der Waals surface area contributed by atoms with Crippen LogP contribution in [-0.2, 0) is 12.6 Å². The van der Waals surface area contributed by atoms with E-state index in [-0.39, 0.29) is 24.5 Å². The number of halogens is 4. The molecule has 1 fully saturated rings. The van der Waals surface area contributed by atoms with E-state index in [2.05, 4.69) is 15.5 Å². The third-order valence-corrected chi connectivity index (χ3v) is 6.03.